The topological polar surface area (TPSA) is 110 Å². The summed E-state index contributed by atoms with van der Waals surface area (Å²) in [7, 11) is -3.89. The van der Waals surface area contributed by atoms with Crippen LogP contribution in [0.3, 0.4) is 0 Å². The molecule has 0 atom stereocenters. The first-order valence-corrected chi connectivity index (χ1v) is 9.53. The van der Waals surface area contributed by atoms with Crippen molar-refractivity contribution in [3.63, 3.8) is 0 Å². The molecule has 136 valence electrons. The summed E-state index contributed by atoms with van der Waals surface area (Å²) in [4.78, 5) is 23.7. The number of benzene rings is 2. The van der Waals surface area contributed by atoms with Gasteiger partial charge in [0.2, 0.25) is 5.91 Å². The van der Waals surface area contributed by atoms with Crippen molar-refractivity contribution >= 4 is 33.0 Å². The van der Waals surface area contributed by atoms with Crippen LogP contribution in [0.5, 0.6) is 0 Å². The van der Waals surface area contributed by atoms with Gasteiger partial charge in [0, 0.05) is 30.8 Å². The number of nitro benzene ring substituents is 1. The summed E-state index contributed by atoms with van der Waals surface area (Å²) < 4.78 is 27.4. The Balaban J connectivity index is 1.82. The van der Waals surface area contributed by atoms with E-state index in [1.165, 1.54) is 12.1 Å². The Morgan fingerprint density at radius 3 is 2.46 bits per heavy atom. The molecule has 0 aromatic heterocycles. The van der Waals surface area contributed by atoms with Crippen LogP contribution in [0.4, 0.5) is 17.1 Å². The number of nitrogens with zero attached hydrogens (tertiary/aromatic N) is 2. The first-order valence-electron chi connectivity index (χ1n) is 8.04. The second-order valence-corrected chi connectivity index (χ2v) is 7.59. The molecule has 1 saturated heterocycles. The number of anilines is 2. The number of piperidine rings is 1. The predicted octanol–water partition coefficient (Wildman–Crippen LogP) is 2.91. The molecule has 1 heterocycles. The number of hydrogen-bond acceptors (Lipinski definition) is 5. The lowest BCUT2D eigenvalue weighted by Gasteiger charge is -2.27. The van der Waals surface area contributed by atoms with Crippen LogP contribution in [0.25, 0.3) is 0 Å². The van der Waals surface area contributed by atoms with Crippen molar-refractivity contribution in [1.82, 2.24) is 0 Å². The maximum Gasteiger partial charge on any atom is 0.269 e. The van der Waals surface area contributed by atoms with E-state index >= 15 is 0 Å². The van der Waals surface area contributed by atoms with Gasteiger partial charge < -0.3 is 4.90 Å². The van der Waals surface area contributed by atoms with Crippen LogP contribution in [0, 0.1) is 10.1 Å². The Morgan fingerprint density at radius 2 is 1.81 bits per heavy atom. The van der Waals surface area contributed by atoms with E-state index in [1.54, 1.807) is 29.2 Å². The minimum Gasteiger partial charge on any atom is -0.312 e. The number of amides is 1. The molecule has 0 radical (unpaired) electrons. The fourth-order valence-corrected chi connectivity index (χ4v) is 3.83. The Kier molecular flexibility index (Phi) is 4.90. The Bertz CT molecular complexity index is 941. The van der Waals surface area contributed by atoms with Gasteiger partial charge in [-0.25, -0.2) is 8.42 Å². The molecule has 0 aliphatic carbocycles. The predicted molar refractivity (Wildman–Crippen MR) is 96.6 cm³/mol. The van der Waals surface area contributed by atoms with Gasteiger partial charge in [0.05, 0.1) is 15.5 Å². The summed E-state index contributed by atoms with van der Waals surface area (Å²) >= 11 is 0. The molecule has 2 aromatic rings. The molecule has 2 aromatic carbocycles. The van der Waals surface area contributed by atoms with E-state index in [0.717, 1.165) is 25.0 Å². The minimum absolute atomic E-state index is 0.0200. The summed E-state index contributed by atoms with van der Waals surface area (Å²) in [5.41, 5.74) is 0.771. The molecule has 1 amide bonds. The molecular formula is C17H17N3O5S. The fraction of sp³-hybridized carbons (Fsp3) is 0.235. The van der Waals surface area contributed by atoms with Crippen molar-refractivity contribution in [3.8, 4) is 0 Å². The number of nitrogens with one attached hydrogen (secondary N) is 1. The van der Waals surface area contributed by atoms with Crippen molar-refractivity contribution in [2.45, 2.75) is 24.2 Å². The van der Waals surface area contributed by atoms with Crippen LogP contribution in [0.1, 0.15) is 19.3 Å². The first-order chi connectivity index (χ1) is 12.4. The van der Waals surface area contributed by atoms with E-state index in [-0.39, 0.29) is 16.5 Å². The lowest BCUT2D eigenvalue weighted by Crippen LogP contribution is -2.35. The highest BCUT2D eigenvalue weighted by Gasteiger charge is 2.21. The van der Waals surface area contributed by atoms with Crippen molar-refractivity contribution in [3.05, 3.63) is 58.6 Å². The van der Waals surface area contributed by atoms with Crippen LogP contribution < -0.4 is 9.62 Å². The maximum atomic E-state index is 12.5. The molecule has 3 rings (SSSR count). The van der Waals surface area contributed by atoms with E-state index in [2.05, 4.69) is 4.72 Å². The van der Waals surface area contributed by atoms with Crippen LogP contribution in [0.15, 0.2) is 53.4 Å². The van der Waals surface area contributed by atoms with Gasteiger partial charge in [-0.1, -0.05) is 6.07 Å². The van der Waals surface area contributed by atoms with Gasteiger partial charge in [-0.05, 0) is 43.2 Å². The summed E-state index contributed by atoms with van der Waals surface area (Å²) in [5.74, 6) is 0.0200. The van der Waals surface area contributed by atoms with Crippen LogP contribution >= 0.6 is 0 Å². The number of nitro groups is 1. The average Bonchev–Trinajstić information content (AvgIpc) is 2.62. The molecule has 0 spiro atoms. The second kappa shape index (κ2) is 7.12. The van der Waals surface area contributed by atoms with Crippen LogP contribution in [-0.4, -0.2) is 25.8 Å². The molecule has 26 heavy (non-hydrogen) atoms. The van der Waals surface area contributed by atoms with E-state index < -0.39 is 14.9 Å². The summed E-state index contributed by atoms with van der Waals surface area (Å²) in [6.07, 6.45) is 2.25. The second-order valence-electron chi connectivity index (χ2n) is 5.91. The largest absolute Gasteiger partial charge is 0.312 e. The maximum absolute atomic E-state index is 12.5. The number of non-ortho nitro benzene ring substituents is 1. The average molecular weight is 375 g/mol. The number of hydrogen-bond donors (Lipinski definition) is 1. The minimum atomic E-state index is -3.89. The third-order valence-corrected chi connectivity index (χ3v) is 5.49. The van der Waals surface area contributed by atoms with Crippen molar-refractivity contribution in [1.29, 1.82) is 0 Å². The normalized spacial score (nSPS) is 14.9. The van der Waals surface area contributed by atoms with Crippen LogP contribution in [-0.2, 0) is 14.8 Å². The van der Waals surface area contributed by atoms with Crippen molar-refractivity contribution < 1.29 is 18.1 Å². The van der Waals surface area contributed by atoms with Gasteiger partial charge in [0.25, 0.3) is 15.7 Å². The number of carbonyl (C=O) groups excluding carboxylic acids is 1. The summed E-state index contributed by atoms with van der Waals surface area (Å²) in [6.45, 7) is 0.609. The quantitative estimate of drug-likeness (QED) is 0.638. The number of rotatable bonds is 5. The van der Waals surface area contributed by atoms with E-state index in [4.69, 9.17) is 0 Å². The Hall–Kier alpha value is -2.94. The van der Waals surface area contributed by atoms with Crippen LogP contribution in [0.2, 0.25) is 0 Å². The van der Waals surface area contributed by atoms with Crippen molar-refractivity contribution in [2.24, 2.45) is 0 Å². The van der Waals surface area contributed by atoms with Gasteiger partial charge >= 0.3 is 0 Å². The summed E-state index contributed by atoms with van der Waals surface area (Å²) in [5, 5.41) is 10.7. The molecular weight excluding hydrogens is 358 g/mol. The molecule has 0 bridgehead atoms. The smallest absolute Gasteiger partial charge is 0.269 e. The van der Waals surface area contributed by atoms with Gasteiger partial charge in [0.15, 0.2) is 0 Å². The lowest BCUT2D eigenvalue weighted by atomic mass is 10.1. The number of sulfonamides is 1. The zero-order chi connectivity index (χ0) is 18.7. The molecule has 0 saturated carbocycles. The van der Waals surface area contributed by atoms with E-state index in [0.29, 0.717) is 24.3 Å². The SMILES string of the molecule is O=C1CCCCN1c1cccc(NS(=O)(=O)c2ccc([N+](=O)[O-])cc2)c1. The highest BCUT2D eigenvalue weighted by Crippen LogP contribution is 2.25. The van der Waals surface area contributed by atoms with E-state index in [9.17, 15) is 23.3 Å². The molecule has 9 heteroatoms. The van der Waals surface area contributed by atoms with Gasteiger partial charge in [-0.15, -0.1) is 0 Å². The molecule has 1 aliphatic rings. The van der Waals surface area contributed by atoms with E-state index in [1.807, 2.05) is 0 Å². The highest BCUT2D eigenvalue weighted by atomic mass is 32.2. The van der Waals surface area contributed by atoms with Gasteiger partial charge in [0.1, 0.15) is 0 Å². The number of carbonyl (C=O) groups is 1. The molecule has 1 aliphatic heterocycles. The third-order valence-electron chi connectivity index (χ3n) is 4.09. The molecule has 1 fully saturated rings. The zero-order valence-electron chi connectivity index (χ0n) is 13.8. The Morgan fingerprint density at radius 1 is 1.08 bits per heavy atom. The lowest BCUT2D eigenvalue weighted by molar-refractivity contribution is -0.384. The monoisotopic (exact) mass is 375 g/mol. The zero-order valence-corrected chi connectivity index (χ0v) is 14.6. The third kappa shape index (κ3) is 3.83. The molecule has 0 unspecified atom stereocenters. The standard InChI is InChI=1S/C17H17N3O5S/c21-17-6-1-2-11-19(17)15-5-3-4-13(12-15)18-26(24,25)16-9-7-14(8-10-16)20(22)23/h3-5,7-10,12,18H,1-2,6,11H2. The first kappa shape index (κ1) is 17.9. The fourth-order valence-electron chi connectivity index (χ4n) is 2.78. The highest BCUT2D eigenvalue weighted by molar-refractivity contribution is 7.92. The molecule has 1 N–H and O–H groups in total. The van der Waals surface area contributed by atoms with Gasteiger partial charge in [-0.3, -0.25) is 19.6 Å². The van der Waals surface area contributed by atoms with Gasteiger partial charge in [-0.2, -0.15) is 0 Å². The molecule has 8 nitrogen and oxygen atoms in total. The van der Waals surface area contributed by atoms with Crippen molar-refractivity contribution in [2.75, 3.05) is 16.2 Å². The summed E-state index contributed by atoms with van der Waals surface area (Å²) in [6, 6.07) is 11.2. The Labute approximate surface area is 150 Å².